The number of H-pyrrole nitrogens is 1. The Bertz CT molecular complexity index is 711. The Hall–Kier alpha value is -2.11. The quantitative estimate of drug-likeness (QED) is 0.885. The summed E-state index contributed by atoms with van der Waals surface area (Å²) in [6.07, 6.45) is 2.35. The highest BCUT2D eigenvalue weighted by molar-refractivity contribution is 5.75. The van der Waals surface area contributed by atoms with Crippen LogP contribution in [0, 0.1) is 11.7 Å². The van der Waals surface area contributed by atoms with Gasteiger partial charge < -0.3 is 10.1 Å². The van der Waals surface area contributed by atoms with E-state index in [1.165, 1.54) is 12.1 Å². The highest BCUT2D eigenvalue weighted by Crippen LogP contribution is 2.33. The lowest BCUT2D eigenvalue weighted by Gasteiger charge is -2.26. The van der Waals surface area contributed by atoms with E-state index in [-0.39, 0.29) is 23.5 Å². The molecule has 0 saturated heterocycles. The van der Waals surface area contributed by atoms with Crippen LogP contribution in [0.3, 0.4) is 0 Å². The van der Waals surface area contributed by atoms with Crippen molar-refractivity contribution in [2.45, 2.75) is 31.7 Å². The molecular formula is C14H15FN2O3. The molecule has 0 bridgehead atoms. The molecule has 1 aliphatic rings. The highest BCUT2D eigenvalue weighted by Gasteiger charge is 2.28. The molecule has 106 valence electrons. The number of halogens is 1. The minimum absolute atomic E-state index is 0.0614. The lowest BCUT2D eigenvalue weighted by Crippen LogP contribution is -2.28. The van der Waals surface area contributed by atoms with Crippen molar-refractivity contribution in [3.63, 3.8) is 0 Å². The number of imidazole rings is 1. The third kappa shape index (κ3) is 2.11. The largest absolute Gasteiger partial charge is 0.481 e. The fourth-order valence-corrected chi connectivity index (χ4v) is 3.04. The Morgan fingerprint density at radius 2 is 2.00 bits per heavy atom. The molecule has 0 unspecified atom stereocenters. The molecule has 1 heterocycles. The number of hydrogen-bond donors (Lipinski definition) is 2. The number of hydrogen-bond acceptors (Lipinski definition) is 2. The van der Waals surface area contributed by atoms with E-state index in [1.54, 1.807) is 10.6 Å². The molecular weight excluding hydrogens is 263 g/mol. The first-order chi connectivity index (χ1) is 9.56. The number of benzene rings is 1. The lowest BCUT2D eigenvalue weighted by atomic mass is 9.86. The third-order valence-electron chi connectivity index (χ3n) is 4.09. The van der Waals surface area contributed by atoms with Crippen molar-refractivity contribution in [3.8, 4) is 0 Å². The SMILES string of the molecule is O=C(O)C1CCC(n2c(=O)[nH]c3ccc(F)cc32)CC1. The van der Waals surface area contributed by atoms with E-state index < -0.39 is 5.97 Å². The Balaban J connectivity index is 1.95. The van der Waals surface area contributed by atoms with Crippen LogP contribution in [0.2, 0.25) is 0 Å². The Kier molecular flexibility index (Phi) is 3.08. The van der Waals surface area contributed by atoms with Gasteiger partial charge in [-0.05, 0) is 43.9 Å². The molecule has 1 aliphatic carbocycles. The first kappa shape index (κ1) is 12.9. The summed E-state index contributed by atoms with van der Waals surface area (Å²) in [5, 5.41) is 8.99. The van der Waals surface area contributed by atoms with Gasteiger partial charge in [0.05, 0.1) is 17.0 Å². The molecule has 0 atom stereocenters. The zero-order chi connectivity index (χ0) is 14.3. The van der Waals surface area contributed by atoms with Crippen molar-refractivity contribution in [1.82, 2.24) is 9.55 Å². The summed E-state index contributed by atoms with van der Waals surface area (Å²) < 4.78 is 14.9. The fraction of sp³-hybridized carbons (Fsp3) is 0.429. The maximum absolute atomic E-state index is 13.4. The van der Waals surface area contributed by atoms with Crippen LogP contribution in [0.4, 0.5) is 4.39 Å². The number of nitrogens with one attached hydrogen (secondary N) is 1. The van der Waals surface area contributed by atoms with Crippen molar-refractivity contribution < 1.29 is 14.3 Å². The van der Waals surface area contributed by atoms with E-state index in [0.717, 1.165) is 0 Å². The number of nitrogens with zero attached hydrogens (tertiary/aromatic N) is 1. The van der Waals surface area contributed by atoms with Gasteiger partial charge in [0, 0.05) is 6.04 Å². The van der Waals surface area contributed by atoms with Gasteiger partial charge in [0.2, 0.25) is 0 Å². The van der Waals surface area contributed by atoms with Gasteiger partial charge in [-0.3, -0.25) is 9.36 Å². The standard InChI is InChI=1S/C14H15FN2O3/c15-9-3-6-11-12(7-9)17(14(20)16-11)10-4-1-8(2-5-10)13(18)19/h3,6-8,10H,1-2,4-5H2,(H,16,20)(H,18,19). The molecule has 6 heteroatoms. The van der Waals surface area contributed by atoms with Crippen LogP contribution in [0.15, 0.2) is 23.0 Å². The summed E-state index contributed by atoms with van der Waals surface area (Å²) >= 11 is 0. The monoisotopic (exact) mass is 278 g/mol. The van der Waals surface area contributed by atoms with E-state index in [0.29, 0.717) is 36.7 Å². The van der Waals surface area contributed by atoms with Crippen molar-refractivity contribution in [3.05, 3.63) is 34.5 Å². The number of rotatable bonds is 2. The summed E-state index contributed by atoms with van der Waals surface area (Å²) in [5.41, 5.74) is 0.898. The normalized spacial score (nSPS) is 23.1. The Labute approximate surface area is 114 Å². The smallest absolute Gasteiger partial charge is 0.326 e. The van der Waals surface area contributed by atoms with Crippen LogP contribution in [-0.4, -0.2) is 20.6 Å². The molecule has 2 aromatic rings. The van der Waals surface area contributed by atoms with Crippen LogP contribution in [0.25, 0.3) is 11.0 Å². The van der Waals surface area contributed by atoms with Gasteiger partial charge in [-0.25, -0.2) is 9.18 Å². The highest BCUT2D eigenvalue weighted by atomic mass is 19.1. The third-order valence-corrected chi connectivity index (χ3v) is 4.09. The second-order valence-corrected chi connectivity index (χ2v) is 5.31. The van der Waals surface area contributed by atoms with Gasteiger partial charge in [-0.2, -0.15) is 0 Å². The Morgan fingerprint density at radius 3 is 2.65 bits per heavy atom. The number of carboxylic acids is 1. The van der Waals surface area contributed by atoms with E-state index >= 15 is 0 Å². The molecule has 1 fully saturated rings. The van der Waals surface area contributed by atoms with Gasteiger partial charge in [0.25, 0.3) is 0 Å². The molecule has 1 aromatic carbocycles. The number of aromatic amines is 1. The van der Waals surface area contributed by atoms with Crippen LogP contribution in [-0.2, 0) is 4.79 Å². The summed E-state index contributed by atoms with van der Waals surface area (Å²) in [4.78, 5) is 25.7. The lowest BCUT2D eigenvalue weighted by molar-refractivity contribution is -0.143. The molecule has 1 aromatic heterocycles. The topological polar surface area (TPSA) is 75.1 Å². The second-order valence-electron chi connectivity index (χ2n) is 5.31. The summed E-state index contributed by atoms with van der Waals surface area (Å²) in [6, 6.07) is 4.14. The minimum atomic E-state index is -0.777. The average molecular weight is 278 g/mol. The molecule has 0 spiro atoms. The molecule has 1 saturated carbocycles. The molecule has 0 radical (unpaired) electrons. The number of carboxylic acid groups (broad SMARTS) is 1. The summed E-state index contributed by atoms with van der Waals surface area (Å²) in [7, 11) is 0. The molecule has 3 rings (SSSR count). The first-order valence-corrected chi connectivity index (χ1v) is 6.69. The van der Waals surface area contributed by atoms with Gasteiger partial charge in [-0.1, -0.05) is 0 Å². The number of aromatic nitrogens is 2. The maximum atomic E-state index is 13.4. The predicted molar refractivity (Wildman–Crippen MR) is 71.1 cm³/mol. The van der Waals surface area contributed by atoms with E-state index in [1.807, 2.05) is 0 Å². The number of carbonyl (C=O) groups is 1. The molecule has 0 aliphatic heterocycles. The van der Waals surface area contributed by atoms with Crippen LogP contribution in [0.5, 0.6) is 0 Å². The fourth-order valence-electron chi connectivity index (χ4n) is 3.04. The van der Waals surface area contributed by atoms with Crippen LogP contribution >= 0.6 is 0 Å². The average Bonchev–Trinajstić information content (AvgIpc) is 2.74. The van der Waals surface area contributed by atoms with E-state index in [9.17, 15) is 14.0 Å². The minimum Gasteiger partial charge on any atom is -0.481 e. The summed E-state index contributed by atoms with van der Waals surface area (Å²) in [6.45, 7) is 0. The van der Waals surface area contributed by atoms with Crippen molar-refractivity contribution in [2.75, 3.05) is 0 Å². The molecule has 2 N–H and O–H groups in total. The number of aliphatic carboxylic acids is 1. The molecule has 20 heavy (non-hydrogen) atoms. The van der Waals surface area contributed by atoms with Crippen LogP contribution in [0.1, 0.15) is 31.7 Å². The zero-order valence-corrected chi connectivity index (χ0v) is 10.8. The van der Waals surface area contributed by atoms with Crippen LogP contribution < -0.4 is 5.69 Å². The van der Waals surface area contributed by atoms with Gasteiger partial charge in [-0.15, -0.1) is 0 Å². The zero-order valence-electron chi connectivity index (χ0n) is 10.8. The molecule has 0 amide bonds. The maximum Gasteiger partial charge on any atom is 0.326 e. The van der Waals surface area contributed by atoms with Crippen molar-refractivity contribution >= 4 is 17.0 Å². The van der Waals surface area contributed by atoms with Gasteiger partial charge in [0.1, 0.15) is 5.82 Å². The molecule has 5 nitrogen and oxygen atoms in total. The van der Waals surface area contributed by atoms with E-state index in [4.69, 9.17) is 5.11 Å². The van der Waals surface area contributed by atoms with E-state index in [2.05, 4.69) is 4.98 Å². The number of fused-ring (bicyclic) bond motifs is 1. The second kappa shape index (κ2) is 4.77. The first-order valence-electron chi connectivity index (χ1n) is 6.69. The van der Waals surface area contributed by atoms with Crippen molar-refractivity contribution in [1.29, 1.82) is 0 Å². The summed E-state index contributed by atoms with van der Waals surface area (Å²) in [5.74, 6) is -1.49. The predicted octanol–water partition coefficient (Wildman–Crippen LogP) is 2.28. The van der Waals surface area contributed by atoms with Gasteiger partial charge >= 0.3 is 11.7 Å². The van der Waals surface area contributed by atoms with Crippen molar-refractivity contribution in [2.24, 2.45) is 5.92 Å². The Morgan fingerprint density at radius 1 is 1.30 bits per heavy atom. The van der Waals surface area contributed by atoms with Gasteiger partial charge in [0.15, 0.2) is 0 Å².